The average molecular weight is 262 g/mol. The molecule has 1 atom stereocenters. The van der Waals surface area contributed by atoms with Crippen LogP contribution in [0.2, 0.25) is 0 Å². The second-order valence-electron chi connectivity index (χ2n) is 4.46. The Morgan fingerprint density at radius 2 is 1.63 bits per heavy atom. The molecule has 2 rings (SSSR count). The minimum Gasteiger partial charge on any atom is -0.483 e. The average Bonchev–Trinajstić information content (AvgIpc) is 2.59. The Labute approximate surface area is 115 Å². The smallest absolute Gasteiger partial charge is 0.173 e. The molecular weight excluding hydrogens is 240 g/mol. The highest BCUT2D eigenvalue weighted by atomic mass is 16.5. The van der Waals surface area contributed by atoms with E-state index in [9.17, 15) is 9.59 Å². The first-order valence-electron chi connectivity index (χ1n) is 6.93. The number of carbonyl (C=O) groups is 2. The minimum absolute atomic E-state index is 0.0384. The maximum absolute atomic E-state index is 11.8. The lowest BCUT2D eigenvalue weighted by atomic mass is 10.1. The second-order valence-corrected chi connectivity index (χ2v) is 4.46. The van der Waals surface area contributed by atoms with Gasteiger partial charge < -0.3 is 4.74 Å². The molecule has 0 N–H and O–H groups in total. The zero-order valence-electron chi connectivity index (χ0n) is 11.9. The molecule has 0 aromatic heterocycles. The van der Waals surface area contributed by atoms with Gasteiger partial charge in [-0.3, -0.25) is 9.59 Å². The van der Waals surface area contributed by atoms with Crippen LogP contribution in [0.3, 0.4) is 0 Å². The summed E-state index contributed by atoms with van der Waals surface area (Å²) < 4.78 is 5.65. The van der Waals surface area contributed by atoms with E-state index >= 15 is 0 Å². The number of Topliss-reactive ketones (excluding diaryl/α,β-unsaturated/α-hetero) is 2. The lowest BCUT2D eigenvalue weighted by Gasteiger charge is -2.15. The number of hydrogen-bond donors (Lipinski definition) is 0. The maximum Gasteiger partial charge on any atom is 0.173 e. The van der Waals surface area contributed by atoms with Crippen LogP contribution in [0, 0.1) is 6.92 Å². The van der Waals surface area contributed by atoms with E-state index in [-0.39, 0.29) is 11.6 Å². The van der Waals surface area contributed by atoms with E-state index in [1.807, 2.05) is 45.0 Å². The molecule has 1 fully saturated rings. The molecule has 0 bridgehead atoms. The van der Waals surface area contributed by atoms with Crippen LogP contribution in [0.4, 0.5) is 0 Å². The van der Waals surface area contributed by atoms with Gasteiger partial charge in [0.2, 0.25) is 0 Å². The van der Waals surface area contributed by atoms with Crippen molar-refractivity contribution in [3.63, 3.8) is 0 Å². The number of ether oxygens (including phenoxy) is 1. The molecule has 0 amide bonds. The maximum atomic E-state index is 11.8. The molecule has 19 heavy (non-hydrogen) atoms. The summed E-state index contributed by atoms with van der Waals surface area (Å²) in [5.41, 5.74) is 1.15. The predicted molar refractivity (Wildman–Crippen MR) is 75.4 cm³/mol. The van der Waals surface area contributed by atoms with Crippen molar-refractivity contribution in [3.8, 4) is 5.75 Å². The minimum atomic E-state index is -0.454. The van der Waals surface area contributed by atoms with Gasteiger partial charge in [0, 0.05) is 19.3 Å². The van der Waals surface area contributed by atoms with Crippen molar-refractivity contribution in [1.29, 1.82) is 0 Å². The van der Waals surface area contributed by atoms with Gasteiger partial charge in [0.05, 0.1) is 0 Å². The molecule has 0 heterocycles. The molecule has 1 unspecified atom stereocenters. The monoisotopic (exact) mass is 262 g/mol. The molecule has 104 valence electrons. The van der Waals surface area contributed by atoms with E-state index in [2.05, 4.69) is 0 Å². The summed E-state index contributed by atoms with van der Waals surface area (Å²) in [4.78, 5) is 23.0. The standard InChI is InChI=1S/C14H16O3.C2H6/c1-10-2-6-12(7-3-10)17-14-9-5-11(15)4-8-13(14)16;1-2/h2-3,6-7,14H,4-5,8-9H2,1H3;1-2H3. The Balaban J connectivity index is 0.000000861. The topological polar surface area (TPSA) is 43.4 Å². The van der Waals surface area contributed by atoms with Crippen molar-refractivity contribution in [1.82, 2.24) is 0 Å². The van der Waals surface area contributed by atoms with Crippen LogP contribution in [0.1, 0.15) is 45.1 Å². The van der Waals surface area contributed by atoms with Crippen LogP contribution >= 0.6 is 0 Å². The quantitative estimate of drug-likeness (QED) is 0.766. The first-order valence-corrected chi connectivity index (χ1v) is 6.93. The van der Waals surface area contributed by atoms with Crippen molar-refractivity contribution >= 4 is 11.6 Å². The molecule has 1 aromatic rings. The number of ketones is 2. The Bertz CT molecular complexity index is 420. The van der Waals surface area contributed by atoms with Crippen molar-refractivity contribution in [2.24, 2.45) is 0 Å². The molecule has 1 aliphatic rings. The fraction of sp³-hybridized carbons (Fsp3) is 0.500. The highest BCUT2D eigenvalue weighted by Gasteiger charge is 2.25. The van der Waals surface area contributed by atoms with Crippen LogP contribution in [-0.4, -0.2) is 17.7 Å². The third-order valence-corrected chi connectivity index (χ3v) is 2.99. The number of aryl methyl sites for hydroxylation is 1. The summed E-state index contributed by atoms with van der Waals surface area (Å²) in [6.45, 7) is 6.00. The van der Waals surface area contributed by atoms with Crippen LogP contribution < -0.4 is 4.74 Å². The van der Waals surface area contributed by atoms with Gasteiger partial charge in [0.25, 0.3) is 0 Å². The number of rotatable bonds is 2. The highest BCUT2D eigenvalue weighted by molar-refractivity contribution is 5.91. The normalized spacial score (nSPS) is 19.2. The first-order chi connectivity index (χ1) is 9.15. The number of benzene rings is 1. The van der Waals surface area contributed by atoms with Crippen molar-refractivity contribution in [3.05, 3.63) is 29.8 Å². The van der Waals surface area contributed by atoms with Crippen molar-refractivity contribution < 1.29 is 14.3 Å². The fourth-order valence-corrected chi connectivity index (χ4v) is 1.91. The lowest BCUT2D eigenvalue weighted by Crippen LogP contribution is -2.25. The van der Waals surface area contributed by atoms with Gasteiger partial charge in [0.1, 0.15) is 11.5 Å². The SMILES string of the molecule is CC.Cc1ccc(OC2CCC(=O)CCC2=O)cc1. The van der Waals surface area contributed by atoms with Gasteiger partial charge in [-0.1, -0.05) is 31.5 Å². The van der Waals surface area contributed by atoms with Crippen LogP contribution in [0.15, 0.2) is 24.3 Å². The third-order valence-electron chi connectivity index (χ3n) is 2.99. The summed E-state index contributed by atoms with van der Waals surface area (Å²) in [6, 6.07) is 7.61. The Morgan fingerprint density at radius 1 is 1.00 bits per heavy atom. The van der Waals surface area contributed by atoms with Crippen LogP contribution in [-0.2, 0) is 9.59 Å². The molecule has 0 saturated heterocycles. The number of hydrogen-bond acceptors (Lipinski definition) is 3. The van der Waals surface area contributed by atoms with E-state index in [0.717, 1.165) is 5.56 Å². The van der Waals surface area contributed by atoms with Crippen LogP contribution in [0.25, 0.3) is 0 Å². The zero-order chi connectivity index (χ0) is 14.3. The van der Waals surface area contributed by atoms with Gasteiger partial charge >= 0.3 is 0 Å². The molecule has 0 aliphatic heterocycles. The molecule has 0 radical (unpaired) electrons. The first kappa shape index (κ1) is 15.4. The van der Waals surface area contributed by atoms with Crippen LogP contribution in [0.5, 0.6) is 5.75 Å². The zero-order valence-corrected chi connectivity index (χ0v) is 11.9. The summed E-state index contributed by atoms with van der Waals surface area (Å²) in [5, 5.41) is 0. The Hall–Kier alpha value is -1.64. The third kappa shape index (κ3) is 4.86. The second kappa shape index (κ2) is 7.72. The summed E-state index contributed by atoms with van der Waals surface area (Å²) in [5.74, 6) is 0.896. The van der Waals surface area contributed by atoms with Crippen molar-refractivity contribution in [2.45, 2.75) is 52.6 Å². The predicted octanol–water partition coefficient (Wildman–Crippen LogP) is 3.48. The van der Waals surface area contributed by atoms with E-state index < -0.39 is 6.10 Å². The molecule has 1 aliphatic carbocycles. The molecule has 1 saturated carbocycles. The lowest BCUT2D eigenvalue weighted by molar-refractivity contribution is -0.126. The van der Waals surface area contributed by atoms with E-state index in [4.69, 9.17) is 4.74 Å². The molecular formula is C16H22O3. The van der Waals surface area contributed by atoms with Gasteiger partial charge in [-0.15, -0.1) is 0 Å². The van der Waals surface area contributed by atoms with Gasteiger partial charge in [0.15, 0.2) is 11.9 Å². The largest absolute Gasteiger partial charge is 0.483 e. The Kier molecular flexibility index (Phi) is 6.26. The van der Waals surface area contributed by atoms with E-state index in [1.54, 1.807) is 0 Å². The summed E-state index contributed by atoms with van der Waals surface area (Å²) in [7, 11) is 0. The molecule has 0 spiro atoms. The molecule has 1 aromatic carbocycles. The summed E-state index contributed by atoms with van der Waals surface area (Å²) >= 11 is 0. The highest BCUT2D eigenvalue weighted by Crippen LogP contribution is 2.19. The van der Waals surface area contributed by atoms with Crippen molar-refractivity contribution in [2.75, 3.05) is 0 Å². The van der Waals surface area contributed by atoms with Gasteiger partial charge in [-0.25, -0.2) is 0 Å². The van der Waals surface area contributed by atoms with E-state index in [0.29, 0.717) is 31.4 Å². The fourth-order valence-electron chi connectivity index (χ4n) is 1.91. The molecule has 3 heteroatoms. The summed E-state index contributed by atoms with van der Waals surface area (Å²) in [6.07, 6.45) is 1.18. The Morgan fingerprint density at radius 3 is 2.26 bits per heavy atom. The number of carbonyl (C=O) groups excluding carboxylic acids is 2. The van der Waals surface area contributed by atoms with Gasteiger partial charge in [-0.2, -0.15) is 0 Å². The van der Waals surface area contributed by atoms with Gasteiger partial charge in [-0.05, 0) is 25.5 Å². The molecule has 3 nitrogen and oxygen atoms in total. The van der Waals surface area contributed by atoms with E-state index in [1.165, 1.54) is 0 Å².